The summed E-state index contributed by atoms with van der Waals surface area (Å²) in [7, 11) is -3.40. The van der Waals surface area contributed by atoms with Crippen LogP contribution in [-0.4, -0.2) is 38.4 Å². The first-order valence-electron chi connectivity index (χ1n) is 11.7. The molecule has 0 heterocycles. The highest BCUT2D eigenvalue weighted by atomic mass is 31.2. The van der Waals surface area contributed by atoms with E-state index in [1.165, 1.54) is 0 Å². The average Bonchev–Trinajstić information content (AvgIpc) is 2.86. The van der Waals surface area contributed by atoms with Crippen LogP contribution in [-0.2, 0) is 4.57 Å². The van der Waals surface area contributed by atoms with Crippen LogP contribution in [0.25, 0.3) is 0 Å². The number of carboxylic acids is 1. The molecule has 0 aliphatic heterocycles. The number of carbonyl (C=O) groups is 1. The average molecular weight is 501 g/mol. The van der Waals surface area contributed by atoms with Gasteiger partial charge in [-0.05, 0) is 56.7 Å². The molecule has 0 aliphatic rings. The summed E-state index contributed by atoms with van der Waals surface area (Å²) in [4.78, 5) is 20.2. The van der Waals surface area contributed by atoms with Gasteiger partial charge in [0.05, 0.1) is 17.8 Å². The van der Waals surface area contributed by atoms with Gasteiger partial charge < -0.3 is 20.2 Å². The van der Waals surface area contributed by atoms with Crippen LogP contribution in [0.2, 0.25) is 0 Å². The van der Waals surface area contributed by atoms with Gasteiger partial charge in [-0.15, -0.1) is 0 Å². The highest BCUT2D eigenvalue weighted by Gasteiger charge is 2.23. The SMILES string of the molecule is CCCCC(C(C)O)C(C)O.O=C(O)c1ccccc1.O=P(O)(c1ccccc1)c1ccccc1. The van der Waals surface area contributed by atoms with E-state index in [4.69, 9.17) is 5.11 Å². The number of unbranched alkanes of at least 4 members (excludes halogenated alkanes) is 1. The third-order valence-corrected chi connectivity index (χ3v) is 7.36. The smallest absolute Gasteiger partial charge is 0.335 e. The van der Waals surface area contributed by atoms with Crippen LogP contribution >= 0.6 is 7.37 Å². The fraction of sp³-hybridized carbons (Fsp3) is 0.321. The third kappa shape index (κ3) is 11.0. The molecular weight excluding hydrogens is 463 g/mol. The Morgan fingerprint density at radius 3 is 1.43 bits per heavy atom. The van der Waals surface area contributed by atoms with Gasteiger partial charge in [-0.1, -0.05) is 74.4 Å². The molecule has 0 fully saturated rings. The molecule has 2 unspecified atom stereocenters. The second-order valence-corrected chi connectivity index (χ2v) is 10.4. The summed E-state index contributed by atoms with van der Waals surface area (Å²) in [6.07, 6.45) is 2.35. The minimum atomic E-state index is -3.40. The minimum absolute atomic E-state index is 0.0509. The Morgan fingerprint density at radius 2 is 1.14 bits per heavy atom. The first kappa shape index (κ1) is 30.3. The summed E-state index contributed by atoms with van der Waals surface area (Å²) in [5, 5.41) is 27.8. The quantitative estimate of drug-likeness (QED) is 0.329. The van der Waals surface area contributed by atoms with E-state index in [1.807, 2.05) is 12.1 Å². The van der Waals surface area contributed by atoms with E-state index in [2.05, 4.69) is 6.92 Å². The zero-order chi connectivity index (χ0) is 26.3. The summed E-state index contributed by atoms with van der Waals surface area (Å²) in [6.45, 7) is 5.60. The van der Waals surface area contributed by atoms with Crippen LogP contribution in [0.1, 0.15) is 50.4 Å². The number of aliphatic hydroxyl groups excluding tert-OH is 2. The molecule has 35 heavy (non-hydrogen) atoms. The highest BCUT2D eigenvalue weighted by Crippen LogP contribution is 2.37. The van der Waals surface area contributed by atoms with Crippen molar-refractivity contribution in [2.24, 2.45) is 5.92 Å². The molecule has 2 atom stereocenters. The summed E-state index contributed by atoms with van der Waals surface area (Å²) in [5.74, 6) is -0.828. The van der Waals surface area contributed by atoms with Crippen molar-refractivity contribution in [1.29, 1.82) is 0 Å². The standard InChI is InChI=1S/C12H11O2P.C9H20O2.C7H6O2/c13-15(14,11-7-3-1-4-8-11)12-9-5-2-6-10-12;1-4-5-6-9(7(2)10)8(3)11;8-7(9)6-4-2-1-3-5-6/h1-10H,(H,13,14);7-11H,4-6H2,1-3H3;1-5H,(H,8,9). The molecule has 0 saturated carbocycles. The lowest BCUT2D eigenvalue weighted by atomic mass is 9.92. The lowest BCUT2D eigenvalue weighted by Crippen LogP contribution is -2.27. The molecule has 0 bridgehead atoms. The van der Waals surface area contributed by atoms with Gasteiger partial charge in [0.1, 0.15) is 0 Å². The van der Waals surface area contributed by atoms with Gasteiger partial charge >= 0.3 is 5.97 Å². The Labute approximate surface area is 208 Å². The van der Waals surface area contributed by atoms with Gasteiger partial charge in [-0.25, -0.2) is 4.79 Å². The van der Waals surface area contributed by atoms with Crippen molar-refractivity contribution in [1.82, 2.24) is 0 Å². The van der Waals surface area contributed by atoms with Crippen LogP contribution in [0.4, 0.5) is 0 Å². The van der Waals surface area contributed by atoms with Crippen LogP contribution < -0.4 is 10.6 Å². The van der Waals surface area contributed by atoms with Gasteiger partial charge in [0.15, 0.2) is 0 Å². The molecule has 0 saturated heterocycles. The molecule has 6 nitrogen and oxygen atoms in total. The molecule has 7 heteroatoms. The van der Waals surface area contributed by atoms with Crippen molar-refractivity contribution in [2.45, 2.75) is 52.2 Å². The van der Waals surface area contributed by atoms with Crippen LogP contribution in [0, 0.1) is 5.92 Å². The Bertz CT molecular complexity index is 956. The Morgan fingerprint density at radius 1 is 0.771 bits per heavy atom. The first-order valence-corrected chi connectivity index (χ1v) is 13.4. The predicted octanol–water partition coefficient (Wildman–Crippen LogP) is 4.85. The zero-order valence-corrected chi connectivity index (χ0v) is 21.5. The van der Waals surface area contributed by atoms with Crippen molar-refractivity contribution in [3.05, 3.63) is 96.6 Å². The number of benzene rings is 3. The maximum atomic E-state index is 12.2. The maximum Gasteiger partial charge on any atom is 0.335 e. The number of aliphatic hydroxyl groups is 2. The molecule has 3 aromatic carbocycles. The van der Waals surface area contributed by atoms with Crippen LogP contribution in [0.5, 0.6) is 0 Å². The van der Waals surface area contributed by atoms with Gasteiger partial charge in [0, 0.05) is 16.5 Å². The monoisotopic (exact) mass is 500 g/mol. The Hall–Kier alpha value is -2.76. The number of hydrogen-bond acceptors (Lipinski definition) is 4. The van der Waals surface area contributed by atoms with E-state index in [-0.39, 0.29) is 18.1 Å². The molecule has 0 amide bonds. The fourth-order valence-electron chi connectivity index (χ4n) is 3.32. The minimum Gasteiger partial charge on any atom is -0.478 e. The zero-order valence-electron chi connectivity index (χ0n) is 20.6. The normalized spacial score (nSPS) is 13.2. The van der Waals surface area contributed by atoms with Gasteiger partial charge in [-0.3, -0.25) is 4.57 Å². The van der Waals surface area contributed by atoms with Crippen molar-refractivity contribution >= 4 is 23.9 Å². The summed E-state index contributed by atoms with van der Waals surface area (Å²) in [5.41, 5.74) is 0.331. The molecule has 0 aliphatic carbocycles. The number of carboxylic acid groups (broad SMARTS) is 1. The topological polar surface area (TPSA) is 115 Å². The number of rotatable bonds is 8. The van der Waals surface area contributed by atoms with Crippen LogP contribution in [0.3, 0.4) is 0 Å². The molecule has 0 spiro atoms. The lowest BCUT2D eigenvalue weighted by molar-refractivity contribution is 0.0261. The second-order valence-electron chi connectivity index (χ2n) is 8.21. The van der Waals surface area contributed by atoms with E-state index in [9.17, 15) is 24.5 Å². The van der Waals surface area contributed by atoms with E-state index in [0.29, 0.717) is 16.2 Å². The van der Waals surface area contributed by atoms with Crippen molar-refractivity contribution in [3.63, 3.8) is 0 Å². The van der Waals surface area contributed by atoms with Crippen molar-refractivity contribution < 1.29 is 29.6 Å². The largest absolute Gasteiger partial charge is 0.478 e. The molecule has 3 aromatic rings. The van der Waals surface area contributed by atoms with Crippen LogP contribution in [0.15, 0.2) is 91.0 Å². The molecule has 0 aromatic heterocycles. The van der Waals surface area contributed by atoms with Gasteiger partial charge in [0.2, 0.25) is 0 Å². The van der Waals surface area contributed by atoms with E-state index >= 15 is 0 Å². The lowest BCUT2D eigenvalue weighted by Gasteiger charge is -2.22. The van der Waals surface area contributed by atoms with Gasteiger partial charge in [-0.2, -0.15) is 0 Å². The second kappa shape index (κ2) is 16.0. The molecule has 0 radical (unpaired) electrons. The first-order chi connectivity index (χ1) is 16.6. The summed E-state index contributed by atoms with van der Waals surface area (Å²) in [6, 6.07) is 25.7. The molecule has 3 rings (SSSR count). The third-order valence-electron chi connectivity index (χ3n) is 5.36. The van der Waals surface area contributed by atoms with E-state index in [1.54, 1.807) is 92.7 Å². The number of hydrogen-bond donors (Lipinski definition) is 4. The molecule has 190 valence electrons. The number of aromatic carboxylic acids is 1. The summed E-state index contributed by atoms with van der Waals surface area (Å²) >= 11 is 0. The predicted molar refractivity (Wildman–Crippen MR) is 142 cm³/mol. The Balaban J connectivity index is 0.000000273. The van der Waals surface area contributed by atoms with Crippen molar-refractivity contribution in [2.75, 3.05) is 0 Å². The van der Waals surface area contributed by atoms with Gasteiger partial charge in [0.25, 0.3) is 7.37 Å². The molecular formula is C28H37O6P. The van der Waals surface area contributed by atoms with E-state index in [0.717, 1.165) is 19.3 Å². The molecule has 4 N–H and O–H groups in total. The Kier molecular flexibility index (Phi) is 13.8. The van der Waals surface area contributed by atoms with E-state index < -0.39 is 13.3 Å². The summed E-state index contributed by atoms with van der Waals surface area (Å²) < 4.78 is 12.2. The fourth-order valence-corrected chi connectivity index (χ4v) is 4.77. The highest BCUT2D eigenvalue weighted by molar-refractivity contribution is 7.73. The maximum absolute atomic E-state index is 12.2. The van der Waals surface area contributed by atoms with Crippen molar-refractivity contribution in [3.8, 4) is 0 Å².